The smallest absolute Gasteiger partial charge is 0.206 e. The molecule has 2 aromatic heterocycles. The van der Waals surface area contributed by atoms with Gasteiger partial charge in [-0.25, -0.2) is 8.78 Å². The zero-order valence-corrected chi connectivity index (χ0v) is 17.9. The molecule has 32 heavy (non-hydrogen) atoms. The SMILES string of the molecule is CNc1ccc(CNc2nnc(-c3ccc4[nH]cc(-c5ccc(F)cc5F)c4c3)s2)cc1. The second-order valence-corrected chi connectivity index (χ2v) is 8.28. The Kier molecular flexibility index (Phi) is 5.28. The molecule has 0 saturated heterocycles. The number of aromatic nitrogens is 3. The van der Waals surface area contributed by atoms with Gasteiger partial charge in [0.2, 0.25) is 5.13 Å². The van der Waals surface area contributed by atoms with Crippen LogP contribution in [0, 0.1) is 11.6 Å². The Labute approximate surface area is 187 Å². The van der Waals surface area contributed by atoms with Crippen LogP contribution >= 0.6 is 11.3 Å². The lowest BCUT2D eigenvalue weighted by molar-refractivity contribution is 0.585. The molecule has 0 fully saturated rings. The molecular weight excluding hydrogens is 428 g/mol. The number of H-pyrrole nitrogens is 1. The summed E-state index contributed by atoms with van der Waals surface area (Å²) in [5.41, 5.74) is 4.96. The van der Waals surface area contributed by atoms with E-state index in [0.29, 0.717) is 17.7 Å². The molecule has 0 amide bonds. The van der Waals surface area contributed by atoms with Gasteiger partial charge in [0, 0.05) is 59.1 Å². The molecule has 0 atom stereocenters. The van der Waals surface area contributed by atoms with Crippen LogP contribution in [0.3, 0.4) is 0 Å². The Morgan fingerprint density at radius 2 is 1.78 bits per heavy atom. The maximum absolute atomic E-state index is 14.3. The molecule has 5 aromatic rings. The first-order chi connectivity index (χ1) is 15.6. The molecule has 3 N–H and O–H groups in total. The largest absolute Gasteiger partial charge is 0.388 e. The molecule has 3 aromatic carbocycles. The molecule has 0 aliphatic heterocycles. The van der Waals surface area contributed by atoms with Gasteiger partial charge in [0.05, 0.1) is 0 Å². The molecule has 0 bridgehead atoms. The van der Waals surface area contributed by atoms with Crippen molar-refractivity contribution in [3.8, 4) is 21.7 Å². The van der Waals surface area contributed by atoms with Crippen LogP contribution in [0.4, 0.5) is 19.6 Å². The first-order valence-corrected chi connectivity index (χ1v) is 10.8. The summed E-state index contributed by atoms with van der Waals surface area (Å²) in [4.78, 5) is 3.15. The zero-order chi connectivity index (χ0) is 22.1. The standard InChI is InChI=1S/C24H19F2N5S/c1-27-17-6-2-14(3-7-17)12-29-24-31-30-23(32-24)15-4-9-22-19(10-15)20(13-28-22)18-8-5-16(25)11-21(18)26/h2-11,13,27-28H,12H2,1H3,(H,29,31). The van der Waals surface area contributed by atoms with E-state index >= 15 is 0 Å². The molecule has 2 heterocycles. The van der Waals surface area contributed by atoms with Crippen molar-refractivity contribution in [1.82, 2.24) is 15.2 Å². The predicted octanol–water partition coefficient (Wildman–Crippen LogP) is 6.29. The van der Waals surface area contributed by atoms with Crippen molar-refractivity contribution in [3.05, 3.63) is 84.1 Å². The summed E-state index contributed by atoms with van der Waals surface area (Å²) in [5.74, 6) is -1.19. The second-order valence-electron chi connectivity index (χ2n) is 7.30. The number of hydrogen-bond donors (Lipinski definition) is 3. The summed E-state index contributed by atoms with van der Waals surface area (Å²) >= 11 is 1.45. The lowest BCUT2D eigenvalue weighted by Gasteiger charge is -2.04. The van der Waals surface area contributed by atoms with Crippen LogP contribution in [0.5, 0.6) is 0 Å². The summed E-state index contributed by atoms with van der Waals surface area (Å²) in [5, 5.41) is 17.3. The Morgan fingerprint density at radius 3 is 2.56 bits per heavy atom. The summed E-state index contributed by atoms with van der Waals surface area (Å²) in [6.07, 6.45) is 1.73. The van der Waals surface area contributed by atoms with Crippen molar-refractivity contribution in [1.29, 1.82) is 0 Å². The van der Waals surface area contributed by atoms with Crippen molar-refractivity contribution < 1.29 is 8.78 Å². The summed E-state index contributed by atoms with van der Waals surface area (Å²) in [6, 6.07) is 17.6. The van der Waals surface area contributed by atoms with E-state index in [1.165, 1.54) is 23.5 Å². The van der Waals surface area contributed by atoms with Crippen LogP contribution in [0.1, 0.15) is 5.56 Å². The quantitative estimate of drug-likeness (QED) is 0.286. The van der Waals surface area contributed by atoms with Gasteiger partial charge in [-0.3, -0.25) is 0 Å². The van der Waals surface area contributed by atoms with Crippen LogP contribution in [0.15, 0.2) is 66.9 Å². The topological polar surface area (TPSA) is 65.6 Å². The highest BCUT2D eigenvalue weighted by Crippen LogP contribution is 2.35. The lowest BCUT2D eigenvalue weighted by Crippen LogP contribution is -1.99. The predicted molar refractivity (Wildman–Crippen MR) is 126 cm³/mol. The fraction of sp³-hybridized carbons (Fsp3) is 0.0833. The fourth-order valence-electron chi connectivity index (χ4n) is 3.56. The molecule has 0 aliphatic rings. The number of benzene rings is 3. The first kappa shape index (κ1) is 20.1. The molecule has 0 spiro atoms. The molecule has 0 unspecified atom stereocenters. The van der Waals surface area contributed by atoms with Gasteiger partial charge in [0.1, 0.15) is 16.6 Å². The summed E-state index contributed by atoms with van der Waals surface area (Å²) < 4.78 is 27.7. The summed E-state index contributed by atoms with van der Waals surface area (Å²) in [6.45, 7) is 0.642. The Balaban J connectivity index is 1.39. The normalized spacial score (nSPS) is 11.1. The zero-order valence-electron chi connectivity index (χ0n) is 17.1. The van der Waals surface area contributed by atoms with Gasteiger partial charge in [-0.2, -0.15) is 0 Å². The van der Waals surface area contributed by atoms with Crippen molar-refractivity contribution >= 4 is 33.1 Å². The maximum Gasteiger partial charge on any atom is 0.206 e. The van der Waals surface area contributed by atoms with Crippen LogP contribution in [-0.2, 0) is 6.54 Å². The average Bonchev–Trinajstić information content (AvgIpc) is 3.45. The lowest BCUT2D eigenvalue weighted by atomic mass is 10.0. The van der Waals surface area contributed by atoms with E-state index in [0.717, 1.165) is 43.9 Å². The van der Waals surface area contributed by atoms with Gasteiger partial charge < -0.3 is 15.6 Å². The minimum absolute atomic E-state index is 0.346. The third-order valence-electron chi connectivity index (χ3n) is 5.26. The van der Waals surface area contributed by atoms with E-state index < -0.39 is 11.6 Å². The minimum Gasteiger partial charge on any atom is -0.388 e. The number of anilines is 2. The molecule has 8 heteroatoms. The fourth-order valence-corrected chi connectivity index (χ4v) is 4.30. The number of halogens is 2. The minimum atomic E-state index is -0.598. The number of rotatable bonds is 6. The van der Waals surface area contributed by atoms with Gasteiger partial charge >= 0.3 is 0 Å². The number of fused-ring (bicyclic) bond motifs is 1. The monoisotopic (exact) mass is 447 g/mol. The van der Waals surface area contributed by atoms with Crippen LogP contribution in [0.2, 0.25) is 0 Å². The van der Waals surface area contributed by atoms with E-state index in [-0.39, 0.29) is 0 Å². The third-order valence-corrected chi connectivity index (χ3v) is 6.19. The van der Waals surface area contributed by atoms with E-state index in [1.807, 2.05) is 37.4 Å². The molecular formula is C24H19F2N5S. The van der Waals surface area contributed by atoms with E-state index in [4.69, 9.17) is 0 Å². The highest BCUT2D eigenvalue weighted by atomic mass is 32.1. The van der Waals surface area contributed by atoms with Crippen molar-refractivity contribution in [3.63, 3.8) is 0 Å². The Hall–Kier alpha value is -3.78. The summed E-state index contributed by atoms with van der Waals surface area (Å²) in [7, 11) is 1.89. The van der Waals surface area contributed by atoms with Crippen molar-refractivity contribution in [2.24, 2.45) is 0 Å². The Bertz CT molecular complexity index is 1390. The molecule has 0 saturated carbocycles. The Morgan fingerprint density at radius 1 is 0.938 bits per heavy atom. The average molecular weight is 448 g/mol. The van der Waals surface area contributed by atoms with E-state index in [2.05, 4.69) is 37.9 Å². The highest BCUT2D eigenvalue weighted by molar-refractivity contribution is 7.18. The van der Waals surface area contributed by atoms with Crippen LogP contribution in [-0.4, -0.2) is 22.2 Å². The van der Waals surface area contributed by atoms with Gasteiger partial charge in [-0.1, -0.05) is 23.5 Å². The first-order valence-electron chi connectivity index (χ1n) is 10.0. The molecule has 5 nitrogen and oxygen atoms in total. The second kappa shape index (κ2) is 8.39. The third kappa shape index (κ3) is 3.92. The van der Waals surface area contributed by atoms with Gasteiger partial charge in [0.25, 0.3) is 0 Å². The van der Waals surface area contributed by atoms with E-state index in [9.17, 15) is 8.78 Å². The van der Waals surface area contributed by atoms with Crippen molar-refractivity contribution in [2.45, 2.75) is 6.54 Å². The molecule has 160 valence electrons. The number of nitrogens with one attached hydrogen (secondary N) is 3. The molecule has 0 radical (unpaired) electrons. The van der Waals surface area contributed by atoms with Crippen molar-refractivity contribution in [2.75, 3.05) is 17.7 Å². The highest BCUT2D eigenvalue weighted by Gasteiger charge is 2.14. The van der Waals surface area contributed by atoms with Gasteiger partial charge in [-0.05, 0) is 48.0 Å². The number of aromatic amines is 1. The van der Waals surface area contributed by atoms with Gasteiger partial charge in [-0.15, -0.1) is 10.2 Å². The maximum atomic E-state index is 14.3. The van der Waals surface area contributed by atoms with E-state index in [1.54, 1.807) is 6.20 Å². The number of hydrogen-bond acceptors (Lipinski definition) is 5. The molecule has 0 aliphatic carbocycles. The molecule has 5 rings (SSSR count). The van der Waals surface area contributed by atoms with Crippen LogP contribution in [0.25, 0.3) is 32.6 Å². The van der Waals surface area contributed by atoms with Crippen LogP contribution < -0.4 is 10.6 Å². The van der Waals surface area contributed by atoms with Gasteiger partial charge in [0.15, 0.2) is 0 Å². The number of nitrogens with zero attached hydrogens (tertiary/aromatic N) is 2.